The second-order valence-corrected chi connectivity index (χ2v) is 7.63. The summed E-state index contributed by atoms with van der Waals surface area (Å²) < 4.78 is 2.38. The minimum Gasteiger partial charge on any atom is -0.309 e. The van der Waals surface area contributed by atoms with Crippen molar-refractivity contribution < 1.29 is 0 Å². The Balaban J connectivity index is 1.93. The third-order valence-electron chi connectivity index (χ3n) is 5.59. The van der Waals surface area contributed by atoms with Crippen molar-refractivity contribution in [1.82, 2.24) is 4.57 Å². The molecule has 1 nitrogen and oxygen atoms in total. The van der Waals surface area contributed by atoms with Gasteiger partial charge in [-0.25, -0.2) is 0 Å². The molecule has 0 unspecified atom stereocenters. The molecule has 0 aliphatic heterocycles. The Morgan fingerprint density at radius 1 is 0.571 bits per heavy atom. The summed E-state index contributed by atoms with van der Waals surface area (Å²) in [6, 6.07) is 34.9. The first kappa shape index (κ1) is 16.8. The molecule has 0 aliphatic carbocycles. The fraction of sp³-hybridized carbons (Fsp3) is 0.111. The number of hydrogen-bond acceptors (Lipinski definition) is 0. The molecule has 1 heterocycles. The van der Waals surface area contributed by atoms with E-state index in [9.17, 15) is 0 Å². The van der Waals surface area contributed by atoms with Gasteiger partial charge >= 0.3 is 0 Å². The van der Waals surface area contributed by atoms with E-state index >= 15 is 0 Å². The largest absolute Gasteiger partial charge is 0.309 e. The van der Waals surface area contributed by atoms with E-state index in [1.54, 1.807) is 0 Å². The van der Waals surface area contributed by atoms with E-state index in [2.05, 4.69) is 115 Å². The molecule has 0 saturated carbocycles. The molecule has 0 saturated heterocycles. The molecule has 4 aromatic carbocycles. The predicted molar refractivity (Wildman–Crippen MR) is 120 cm³/mol. The van der Waals surface area contributed by atoms with Gasteiger partial charge in [0.2, 0.25) is 0 Å². The Bertz CT molecular complexity index is 1280. The SMILES string of the molecule is CC(C)c1ccccc1-c1cccc2c1c1ccccc1n2-c1ccccc1. The van der Waals surface area contributed by atoms with Crippen LogP contribution in [0.2, 0.25) is 0 Å². The van der Waals surface area contributed by atoms with Crippen LogP contribution < -0.4 is 0 Å². The highest BCUT2D eigenvalue weighted by molar-refractivity contribution is 6.15. The Morgan fingerprint density at radius 3 is 2.04 bits per heavy atom. The first-order valence-electron chi connectivity index (χ1n) is 9.92. The van der Waals surface area contributed by atoms with E-state index in [0.29, 0.717) is 5.92 Å². The van der Waals surface area contributed by atoms with Crippen LogP contribution in [0.15, 0.2) is 97.1 Å². The molecular formula is C27H23N. The molecule has 5 rings (SSSR count). The van der Waals surface area contributed by atoms with E-state index in [0.717, 1.165) is 0 Å². The van der Waals surface area contributed by atoms with Gasteiger partial charge in [-0.3, -0.25) is 0 Å². The minimum atomic E-state index is 0.480. The van der Waals surface area contributed by atoms with Crippen LogP contribution in [0.5, 0.6) is 0 Å². The van der Waals surface area contributed by atoms with Crippen molar-refractivity contribution in [1.29, 1.82) is 0 Å². The van der Waals surface area contributed by atoms with Crippen molar-refractivity contribution in [2.24, 2.45) is 0 Å². The predicted octanol–water partition coefficient (Wildman–Crippen LogP) is 7.57. The van der Waals surface area contributed by atoms with Crippen LogP contribution in [-0.2, 0) is 0 Å². The number of fused-ring (bicyclic) bond motifs is 3. The summed E-state index contributed by atoms with van der Waals surface area (Å²) >= 11 is 0. The van der Waals surface area contributed by atoms with Crippen LogP contribution >= 0.6 is 0 Å². The summed E-state index contributed by atoms with van der Waals surface area (Å²) in [7, 11) is 0. The zero-order valence-electron chi connectivity index (χ0n) is 16.3. The third kappa shape index (κ3) is 2.55. The van der Waals surface area contributed by atoms with Crippen LogP contribution in [-0.4, -0.2) is 4.57 Å². The summed E-state index contributed by atoms with van der Waals surface area (Å²) in [5.41, 5.74) is 7.74. The summed E-state index contributed by atoms with van der Waals surface area (Å²) in [5, 5.41) is 2.63. The lowest BCUT2D eigenvalue weighted by atomic mass is 9.90. The van der Waals surface area contributed by atoms with Gasteiger partial charge in [0.15, 0.2) is 0 Å². The maximum absolute atomic E-state index is 2.38. The number of benzene rings is 4. The fourth-order valence-electron chi connectivity index (χ4n) is 4.34. The Labute approximate surface area is 165 Å². The minimum absolute atomic E-state index is 0.480. The second-order valence-electron chi connectivity index (χ2n) is 7.63. The molecule has 1 heteroatoms. The lowest BCUT2D eigenvalue weighted by Crippen LogP contribution is -1.94. The first-order valence-corrected chi connectivity index (χ1v) is 9.92. The number of hydrogen-bond donors (Lipinski definition) is 0. The van der Waals surface area contributed by atoms with Gasteiger partial charge in [0.1, 0.15) is 0 Å². The monoisotopic (exact) mass is 361 g/mol. The lowest BCUT2D eigenvalue weighted by molar-refractivity contribution is 0.869. The molecule has 0 atom stereocenters. The number of nitrogens with zero attached hydrogens (tertiary/aromatic N) is 1. The van der Waals surface area contributed by atoms with E-state index in [-0.39, 0.29) is 0 Å². The maximum atomic E-state index is 2.38. The van der Waals surface area contributed by atoms with Gasteiger partial charge in [-0.05, 0) is 46.9 Å². The first-order chi connectivity index (χ1) is 13.8. The molecule has 28 heavy (non-hydrogen) atoms. The van der Waals surface area contributed by atoms with E-state index < -0.39 is 0 Å². The van der Waals surface area contributed by atoms with Crippen molar-refractivity contribution >= 4 is 21.8 Å². The van der Waals surface area contributed by atoms with Crippen molar-refractivity contribution in [2.75, 3.05) is 0 Å². The summed E-state index contributed by atoms with van der Waals surface area (Å²) in [4.78, 5) is 0. The molecule has 136 valence electrons. The molecule has 0 bridgehead atoms. The Morgan fingerprint density at radius 2 is 1.21 bits per heavy atom. The summed E-state index contributed by atoms with van der Waals surface area (Å²) in [6.45, 7) is 4.54. The van der Waals surface area contributed by atoms with Gasteiger partial charge in [-0.1, -0.05) is 86.6 Å². The van der Waals surface area contributed by atoms with Crippen molar-refractivity contribution in [3.63, 3.8) is 0 Å². The maximum Gasteiger partial charge on any atom is 0.0547 e. The quantitative estimate of drug-likeness (QED) is 0.312. The van der Waals surface area contributed by atoms with Crippen LogP contribution in [0.4, 0.5) is 0 Å². The highest BCUT2D eigenvalue weighted by Gasteiger charge is 2.17. The van der Waals surface area contributed by atoms with Crippen LogP contribution in [0.1, 0.15) is 25.3 Å². The van der Waals surface area contributed by atoms with Gasteiger partial charge in [0.25, 0.3) is 0 Å². The number of aromatic nitrogens is 1. The molecule has 0 spiro atoms. The van der Waals surface area contributed by atoms with E-state index in [1.807, 2.05) is 0 Å². The third-order valence-corrected chi connectivity index (χ3v) is 5.59. The lowest BCUT2D eigenvalue weighted by Gasteiger charge is -2.14. The zero-order chi connectivity index (χ0) is 19.1. The van der Waals surface area contributed by atoms with E-state index in [4.69, 9.17) is 0 Å². The fourth-order valence-corrected chi connectivity index (χ4v) is 4.34. The van der Waals surface area contributed by atoms with Crippen LogP contribution in [0.25, 0.3) is 38.6 Å². The molecule has 0 N–H and O–H groups in total. The molecule has 0 fully saturated rings. The number of rotatable bonds is 3. The molecule has 0 aliphatic rings. The number of para-hydroxylation sites is 2. The van der Waals surface area contributed by atoms with Crippen molar-refractivity contribution in [3.05, 3.63) is 103 Å². The molecular weight excluding hydrogens is 338 g/mol. The average Bonchev–Trinajstić information content (AvgIpc) is 3.09. The molecule has 0 radical (unpaired) electrons. The highest BCUT2D eigenvalue weighted by atomic mass is 15.0. The van der Waals surface area contributed by atoms with E-state index in [1.165, 1.54) is 44.2 Å². The van der Waals surface area contributed by atoms with Crippen molar-refractivity contribution in [3.8, 4) is 16.8 Å². The molecule has 5 aromatic rings. The van der Waals surface area contributed by atoms with Gasteiger partial charge in [-0.15, -0.1) is 0 Å². The molecule has 1 aromatic heterocycles. The average molecular weight is 361 g/mol. The van der Waals surface area contributed by atoms with Crippen LogP contribution in [0.3, 0.4) is 0 Å². The van der Waals surface area contributed by atoms with Gasteiger partial charge in [0.05, 0.1) is 11.0 Å². The smallest absolute Gasteiger partial charge is 0.0547 e. The topological polar surface area (TPSA) is 4.93 Å². The zero-order valence-corrected chi connectivity index (χ0v) is 16.3. The van der Waals surface area contributed by atoms with Gasteiger partial charge in [0, 0.05) is 16.5 Å². The normalized spacial score (nSPS) is 11.5. The summed E-state index contributed by atoms with van der Waals surface area (Å²) in [6.07, 6.45) is 0. The standard InChI is InChI=1S/C27H23N/c1-19(2)21-13-6-7-14-22(21)23-16-10-18-26-27(23)24-15-8-9-17-25(24)28(26)20-11-4-3-5-12-20/h3-19H,1-2H3. The van der Waals surface area contributed by atoms with Crippen LogP contribution in [0, 0.1) is 0 Å². The highest BCUT2D eigenvalue weighted by Crippen LogP contribution is 2.40. The van der Waals surface area contributed by atoms with Gasteiger partial charge in [-0.2, -0.15) is 0 Å². The second kappa shape index (κ2) is 6.69. The van der Waals surface area contributed by atoms with Gasteiger partial charge < -0.3 is 4.57 Å². The Kier molecular flexibility index (Phi) is 4.02. The van der Waals surface area contributed by atoms with Crippen molar-refractivity contribution in [2.45, 2.75) is 19.8 Å². The summed E-state index contributed by atoms with van der Waals surface area (Å²) in [5.74, 6) is 0.480. The molecule has 0 amide bonds. The Hall–Kier alpha value is -3.32.